The predicted molar refractivity (Wildman–Crippen MR) is 92.3 cm³/mol. The van der Waals surface area contributed by atoms with Crippen molar-refractivity contribution < 1.29 is 0 Å². The maximum atomic E-state index is 6.44. The van der Waals surface area contributed by atoms with Crippen molar-refractivity contribution in [2.75, 3.05) is 0 Å². The van der Waals surface area contributed by atoms with Crippen LogP contribution in [0.3, 0.4) is 0 Å². The molecular weight excluding hydrogens is 301 g/mol. The first-order valence-electron chi connectivity index (χ1n) is 7.36. The molecule has 1 nitrogen and oxygen atoms in total. The Labute approximate surface area is 137 Å². The van der Waals surface area contributed by atoms with Crippen molar-refractivity contribution in [1.82, 2.24) is 0 Å². The van der Waals surface area contributed by atoms with E-state index in [1.54, 1.807) is 0 Å². The van der Waals surface area contributed by atoms with E-state index in [4.69, 9.17) is 28.9 Å². The molecular formula is C18H21Cl2N. The predicted octanol–water partition coefficient (Wildman–Crippen LogP) is 5.36. The molecule has 0 saturated heterocycles. The van der Waals surface area contributed by atoms with Crippen molar-refractivity contribution in [3.05, 3.63) is 68.7 Å². The number of hydrogen-bond acceptors (Lipinski definition) is 1. The molecule has 0 aliphatic carbocycles. The third-order valence-electron chi connectivity index (χ3n) is 3.84. The maximum absolute atomic E-state index is 6.44. The summed E-state index contributed by atoms with van der Waals surface area (Å²) in [4.78, 5) is 0. The molecule has 0 aliphatic heterocycles. The van der Waals surface area contributed by atoms with Crippen LogP contribution >= 0.6 is 23.2 Å². The smallest absolute Gasteiger partial charge is 0.0595 e. The first kappa shape index (κ1) is 16.4. The van der Waals surface area contributed by atoms with Gasteiger partial charge in [-0.1, -0.05) is 61.3 Å². The third-order valence-corrected chi connectivity index (χ3v) is 4.58. The van der Waals surface area contributed by atoms with E-state index in [-0.39, 0.29) is 6.04 Å². The average molecular weight is 322 g/mol. The normalized spacial score (nSPS) is 12.4. The summed E-state index contributed by atoms with van der Waals surface area (Å²) in [5.74, 6) is 0. The maximum Gasteiger partial charge on any atom is 0.0595 e. The minimum Gasteiger partial charge on any atom is -0.324 e. The lowest BCUT2D eigenvalue weighted by Gasteiger charge is -2.17. The summed E-state index contributed by atoms with van der Waals surface area (Å²) < 4.78 is 0. The van der Waals surface area contributed by atoms with Gasteiger partial charge in [0.15, 0.2) is 0 Å². The lowest BCUT2D eigenvalue weighted by molar-refractivity contribution is 0.710. The second-order valence-electron chi connectivity index (χ2n) is 5.30. The van der Waals surface area contributed by atoms with Gasteiger partial charge >= 0.3 is 0 Å². The van der Waals surface area contributed by atoms with Crippen LogP contribution in [0.2, 0.25) is 10.0 Å². The van der Waals surface area contributed by atoms with Gasteiger partial charge < -0.3 is 5.73 Å². The Morgan fingerprint density at radius 3 is 2.24 bits per heavy atom. The van der Waals surface area contributed by atoms with Crippen molar-refractivity contribution >= 4 is 23.2 Å². The molecule has 0 bridgehead atoms. The fraction of sp³-hybridized carbons (Fsp3) is 0.333. The zero-order valence-corrected chi connectivity index (χ0v) is 14.0. The van der Waals surface area contributed by atoms with Crippen LogP contribution in [0.4, 0.5) is 0 Å². The van der Waals surface area contributed by atoms with Gasteiger partial charge in [-0.2, -0.15) is 0 Å². The molecule has 0 spiro atoms. The zero-order valence-electron chi connectivity index (χ0n) is 12.5. The van der Waals surface area contributed by atoms with Crippen LogP contribution in [0.25, 0.3) is 0 Å². The van der Waals surface area contributed by atoms with Crippen LogP contribution in [-0.2, 0) is 19.3 Å². The summed E-state index contributed by atoms with van der Waals surface area (Å²) in [5, 5.41) is 1.16. The second kappa shape index (κ2) is 7.31. The lowest BCUT2D eigenvalue weighted by Crippen LogP contribution is -2.15. The van der Waals surface area contributed by atoms with Crippen LogP contribution in [0.15, 0.2) is 36.4 Å². The molecule has 0 amide bonds. The zero-order chi connectivity index (χ0) is 15.4. The van der Waals surface area contributed by atoms with Crippen LogP contribution in [0.5, 0.6) is 0 Å². The molecule has 1 unspecified atom stereocenters. The highest BCUT2D eigenvalue weighted by Gasteiger charge is 2.12. The average Bonchev–Trinajstić information content (AvgIpc) is 2.50. The van der Waals surface area contributed by atoms with E-state index >= 15 is 0 Å². The number of rotatable bonds is 5. The fourth-order valence-electron chi connectivity index (χ4n) is 2.56. The van der Waals surface area contributed by atoms with Gasteiger partial charge in [0, 0.05) is 6.04 Å². The molecule has 2 rings (SSSR count). The topological polar surface area (TPSA) is 26.0 Å². The highest BCUT2D eigenvalue weighted by molar-refractivity contribution is 6.42. The van der Waals surface area contributed by atoms with E-state index in [1.807, 2.05) is 18.2 Å². The largest absolute Gasteiger partial charge is 0.324 e. The van der Waals surface area contributed by atoms with E-state index in [2.05, 4.69) is 32.0 Å². The van der Waals surface area contributed by atoms with Gasteiger partial charge in [-0.15, -0.1) is 0 Å². The Morgan fingerprint density at radius 2 is 1.62 bits per heavy atom. The third kappa shape index (κ3) is 4.00. The molecule has 2 N–H and O–H groups in total. The van der Waals surface area contributed by atoms with Crippen molar-refractivity contribution in [2.45, 2.75) is 39.2 Å². The van der Waals surface area contributed by atoms with Crippen molar-refractivity contribution in [3.63, 3.8) is 0 Å². The summed E-state index contributed by atoms with van der Waals surface area (Å²) in [6.45, 7) is 4.32. The second-order valence-corrected chi connectivity index (χ2v) is 6.11. The Hall–Kier alpha value is -1.02. The van der Waals surface area contributed by atoms with Crippen molar-refractivity contribution in [1.29, 1.82) is 0 Å². The van der Waals surface area contributed by atoms with E-state index < -0.39 is 0 Å². The molecule has 0 fully saturated rings. The Balaban J connectivity index is 2.26. The van der Waals surface area contributed by atoms with Crippen LogP contribution in [0, 0.1) is 0 Å². The highest BCUT2D eigenvalue weighted by atomic mass is 35.5. The van der Waals surface area contributed by atoms with Crippen LogP contribution < -0.4 is 5.73 Å². The standard InChI is InChI=1S/C18H21Cl2N/c1-3-12-5-7-14(4-2)15(9-12)18(21)11-13-6-8-16(19)17(20)10-13/h5-10,18H,3-4,11,21H2,1-2H3. The number of benzene rings is 2. The van der Waals surface area contributed by atoms with Gasteiger partial charge in [0.25, 0.3) is 0 Å². The monoisotopic (exact) mass is 321 g/mol. The Kier molecular flexibility index (Phi) is 5.69. The number of aryl methyl sites for hydroxylation is 2. The first-order chi connectivity index (χ1) is 10.0. The summed E-state index contributed by atoms with van der Waals surface area (Å²) in [5.41, 5.74) is 11.4. The van der Waals surface area contributed by atoms with Gasteiger partial charge in [-0.05, 0) is 53.6 Å². The summed E-state index contributed by atoms with van der Waals surface area (Å²) in [7, 11) is 0. The molecule has 112 valence electrons. The molecule has 21 heavy (non-hydrogen) atoms. The van der Waals surface area contributed by atoms with Gasteiger partial charge in [-0.25, -0.2) is 0 Å². The van der Waals surface area contributed by atoms with Gasteiger partial charge in [0.05, 0.1) is 10.0 Å². The van der Waals surface area contributed by atoms with Gasteiger partial charge in [0.1, 0.15) is 0 Å². The van der Waals surface area contributed by atoms with E-state index in [0.717, 1.165) is 24.8 Å². The molecule has 3 heteroatoms. The fourth-order valence-corrected chi connectivity index (χ4v) is 2.88. The molecule has 0 heterocycles. The Bertz CT molecular complexity index is 623. The first-order valence-corrected chi connectivity index (χ1v) is 8.12. The highest BCUT2D eigenvalue weighted by Crippen LogP contribution is 2.26. The van der Waals surface area contributed by atoms with E-state index in [9.17, 15) is 0 Å². The minimum atomic E-state index is -0.0244. The molecule has 0 aromatic heterocycles. The summed E-state index contributed by atoms with van der Waals surface area (Å²) >= 11 is 12.0. The molecule has 0 aliphatic rings. The molecule has 1 atom stereocenters. The minimum absolute atomic E-state index is 0.0244. The quantitative estimate of drug-likeness (QED) is 0.788. The molecule has 2 aromatic rings. The van der Waals surface area contributed by atoms with Gasteiger partial charge in [0.2, 0.25) is 0 Å². The molecule has 0 radical (unpaired) electrons. The number of nitrogens with two attached hydrogens (primary N) is 1. The molecule has 0 saturated carbocycles. The SMILES string of the molecule is CCc1ccc(CC)c(C(N)Cc2ccc(Cl)c(Cl)c2)c1. The van der Waals surface area contributed by atoms with Crippen LogP contribution in [0.1, 0.15) is 42.1 Å². The molecule has 2 aromatic carbocycles. The van der Waals surface area contributed by atoms with Crippen molar-refractivity contribution in [2.24, 2.45) is 5.73 Å². The van der Waals surface area contributed by atoms with Gasteiger partial charge in [-0.3, -0.25) is 0 Å². The number of hydrogen-bond donors (Lipinski definition) is 1. The Morgan fingerprint density at radius 1 is 0.905 bits per heavy atom. The summed E-state index contributed by atoms with van der Waals surface area (Å²) in [6.07, 6.45) is 2.78. The lowest BCUT2D eigenvalue weighted by atomic mass is 9.92. The van der Waals surface area contributed by atoms with Crippen molar-refractivity contribution in [3.8, 4) is 0 Å². The summed E-state index contributed by atoms with van der Waals surface area (Å²) in [6, 6.07) is 12.3. The van der Waals surface area contributed by atoms with E-state index in [1.165, 1.54) is 16.7 Å². The van der Waals surface area contributed by atoms with Crippen LogP contribution in [-0.4, -0.2) is 0 Å². The number of halogens is 2. The van der Waals surface area contributed by atoms with E-state index in [0.29, 0.717) is 10.0 Å².